The van der Waals surface area contributed by atoms with Gasteiger partial charge in [0.05, 0.1) is 16.8 Å². The van der Waals surface area contributed by atoms with Crippen LogP contribution in [0.15, 0.2) is 60.9 Å². The first-order valence-corrected chi connectivity index (χ1v) is 12.1. The Kier molecular flexibility index (Phi) is 6.61. The number of aromatic nitrogens is 3. The number of nitrogens with zero attached hydrogens (tertiary/aromatic N) is 4. The van der Waals surface area contributed by atoms with Crippen molar-refractivity contribution in [2.24, 2.45) is 5.73 Å². The van der Waals surface area contributed by atoms with Gasteiger partial charge in [0.25, 0.3) is 5.91 Å². The van der Waals surface area contributed by atoms with E-state index in [1.807, 2.05) is 37.3 Å². The van der Waals surface area contributed by atoms with Gasteiger partial charge in [0.15, 0.2) is 0 Å². The van der Waals surface area contributed by atoms with E-state index in [-0.39, 0.29) is 0 Å². The van der Waals surface area contributed by atoms with Crippen molar-refractivity contribution in [3.63, 3.8) is 0 Å². The van der Waals surface area contributed by atoms with Crippen molar-refractivity contribution < 1.29 is 4.79 Å². The number of halogens is 1. The fraction of sp³-hybridized carbons (Fsp3) is 0.259. The van der Waals surface area contributed by atoms with Gasteiger partial charge in [-0.25, -0.2) is 9.97 Å². The minimum atomic E-state index is -0.500. The average Bonchev–Trinajstić information content (AvgIpc) is 2.86. The number of amides is 1. The number of carbonyl (C=O) groups excluding carboxylic acids is 1. The van der Waals surface area contributed by atoms with Gasteiger partial charge in [-0.1, -0.05) is 29.8 Å². The molecule has 1 aliphatic rings. The first kappa shape index (κ1) is 23.2. The van der Waals surface area contributed by atoms with Gasteiger partial charge in [-0.15, -0.1) is 0 Å². The van der Waals surface area contributed by atoms with Crippen molar-refractivity contribution >= 4 is 34.4 Å². The van der Waals surface area contributed by atoms with Crippen LogP contribution in [0.4, 0.5) is 5.95 Å². The summed E-state index contributed by atoms with van der Waals surface area (Å²) in [7, 11) is 0. The standard InChI is InChI=1S/C27H27ClN6O/c1-17-23-14-19(22-8-11-30-15-24(22)26(29)35)4-7-25(23)33-27(31-17)32-21-9-12-34(13-10-21)16-18-2-5-20(28)6-3-18/h2-8,11,14-15,21H,9-10,12-13,16H2,1H3,(H2,29,35)(H,31,32,33). The number of nitrogens with one attached hydrogen (secondary N) is 1. The van der Waals surface area contributed by atoms with Gasteiger partial charge in [-0.3, -0.25) is 14.7 Å². The van der Waals surface area contributed by atoms with Crippen LogP contribution in [0, 0.1) is 6.92 Å². The highest BCUT2D eigenvalue weighted by molar-refractivity contribution is 6.30. The molecule has 0 bridgehead atoms. The summed E-state index contributed by atoms with van der Waals surface area (Å²) in [6.07, 6.45) is 5.22. The third kappa shape index (κ3) is 5.26. The largest absolute Gasteiger partial charge is 0.366 e. The lowest BCUT2D eigenvalue weighted by Gasteiger charge is -2.32. The van der Waals surface area contributed by atoms with Gasteiger partial charge in [0.1, 0.15) is 0 Å². The predicted octanol–water partition coefficient (Wildman–Crippen LogP) is 4.83. The van der Waals surface area contributed by atoms with Crippen LogP contribution < -0.4 is 11.1 Å². The van der Waals surface area contributed by atoms with Crippen LogP contribution in [0.25, 0.3) is 22.0 Å². The van der Waals surface area contributed by atoms with Gasteiger partial charge in [0, 0.05) is 48.5 Å². The van der Waals surface area contributed by atoms with Gasteiger partial charge in [-0.05, 0) is 66.8 Å². The van der Waals surface area contributed by atoms with Crippen molar-refractivity contribution in [3.8, 4) is 11.1 Å². The van der Waals surface area contributed by atoms with E-state index in [1.165, 1.54) is 11.8 Å². The van der Waals surface area contributed by atoms with E-state index >= 15 is 0 Å². The Balaban J connectivity index is 1.28. The molecular weight excluding hydrogens is 460 g/mol. The highest BCUT2D eigenvalue weighted by Gasteiger charge is 2.20. The molecule has 1 fully saturated rings. The van der Waals surface area contributed by atoms with Gasteiger partial charge in [0.2, 0.25) is 5.95 Å². The summed E-state index contributed by atoms with van der Waals surface area (Å²) in [5.41, 5.74) is 10.6. The summed E-state index contributed by atoms with van der Waals surface area (Å²) >= 11 is 6.00. The van der Waals surface area contributed by atoms with Crippen molar-refractivity contribution in [2.45, 2.75) is 32.4 Å². The summed E-state index contributed by atoms with van der Waals surface area (Å²) < 4.78 is 0. The summed E-state index contributed by atoms with van der Waals surface area (Å²) in [5, 5.41) is 5.25. The first-order valence-electron chi connectivity index (χ1n) is 11.7. The molecule has 35 heavy (non-hydrogen) atoms. The van der Waals surface area contributed by atoms with E-state index in [0.717, 1.165) is 65.2 Å². The molecule has 1 aliphatic heterocycles. The number of nitrogens with two attached hydrogens (primary N) is 1. The number of hydrogen-bond acceptors (Lipinski definition) is 6. The Morgan fingerprint density at radius 3 is 2.63 bits per heavy atom. The number of benzene rings is 2. The van der Waals surface area contributed by atoms with Crippen LogP contribution in [0.2, 0.25) is 5.02 Å². The van der Waals surface area contributed by atoms with Gasteiger partial charge in [-0.2, -0.15) is 0 Å². The molecule has 8 heteroatoms. The molecule has 2 aromatic heterocycles. The Morgan fingerprint density at radius 1 is 1.11 bits per heavy atom. The minimum absolute atomic E-state index is 0.336. The van der Waals surface area contributed by atoms with Crippen molar-refractivity contribution in [1.29, 1.82) is 0 Å². The number of anilines is 1. The molecule has 2 aromatic carbocycles. The van der Waals surface area contributed by atoms with Crippen LogP contribution in [-0.4, -0.2) is 44.9 Å². The second kappa shape index (κ2) is 9.98. The number of rotatable bonds is 6. The molecule has 5 rings (SSSR count). The molecule has 3 N–H and O–H groups in total. The Labute approximate surface area is 209 Å². The maximum absolute atomic E-state index is 11.8. The zero-order chi connectivity index (χ0) is 24.4. The SMILES string of the molecule is Cc1nc(NC2CCN(Cc3ccc(Cl)cc3)CC2)nc2ccc(-c3ccncc3C(N)=O)cc12. The van der Waals surface area contributed by atoms with Crippen LogP contribution >= 0.6 is 11.6 Å². The molecule has 0 spiro atoms. The predicted molar refractivity (Wildman–Crippen MR) is 139 cm³/mol. The smallest absolute Gasteiger partial charge is 0.250 e. The Bertz CT molecular complexity index is 1370. The lowest BCUT2D eigenvalue weighted by atomic mass is 9.99. The second-order valence-electron chi connectivity index (χ2n) is 8.97. The quantitative estimate of drug-likeness (QED) is 0.405. The molecule has 1 amide bonds. The number of pyridine rings is 1. The third-order valence-electron chi connectivity index (χ3n) is 6.52. The molecule has 0 saturated carbocycles. The van der Waals surface area contributed by atoms with E-state index in [1.54, 1.807) is 12.3 Å². The molecule has 3 heterocycles. The summed E-state index contributed by atoms with van der Waals surface area (Å²) in [5.74, 6) is 0.153. The van der Waals surface area contributed by atoms with Crippen molar-refractivity contribution in [3.05, 3.63) is 82.8 Å². The Hall–Kier alpha value is -3.55. The van der Waals surface area contributed by atoms with Crippen LogP contribution in [0.5, 0.6) is 0 Å². The maximum Gasteiger partial charge on any atom is 0.250 e. The highest BCUT2D eigenvalue weighted by Crippen LogP contribution is 2.28. The number of carbonyl (C=O) groups is 1. The van der Waals surface area contributed by atoms with E-state index in [0.29, 0.717) is 17.6 Å². The average molecular weight is 487 g/mol. The summed E-state index contributed by atoms with van der Waals surface area (Å²) in [6, 6.07) is 16.1. The summed E-state index contributed by atoms with van der Waals surface area (Å²) in [6.45, 7) is 4.96. The number of aryl methyl sites for hydroxylation is 1. The lowest BCUT2D eigenvalue weighted by Crippen LogP contribution is -2.39. The van der Waals surface area contributed by atoms with E-state index in [9.17, 15) is 4.79 Å². The highest BCUT2D eigenvalue weighted by atomic mass is 35.5. The number of fused-ring (bicyclic) bond motifs is 1. The van der Waals surface area contributed by atoms with Crippen LogP contribution in [-0.2, 0) is 6.54 Å². The fourth-order valence-corrected chi connectivity index (χ4v) is 4.75. The number of hydrogen-bond donors (Lipinski definition) is 2. The molecule has 178 valence electrons. The van der Waals surface area contributed by atoms with Crippen LogP contribution in [0.1, 0.15) is 34.5 Å². The molecule has 0 radical (unpaired) electrons. The first-order chi connectivity index (χ1) is 17.0. The number of piperidine rings is 1. The Morgan fingerprint density at radius 2 is 1.89 bits per heavy atom. The van der Waals surface area contributed by atoms with E-state index in [4.69, 9.17) is 27.3 Å². The van der Waals surface area contributed by atoms with Gasteiger partial charge < -0.3 is 11.1 Å². The van der Waals surface area contributed by atoms with Crippen LogP contribution in [0.3, 0.4) is 0 Å². The second-order valence-corrected chi connectivity index (χ2v) is 9.41. The lowest BCUT2D eigenvalue weighted by molar-refractivity contribution is 0.100. The number of primary amides is 1. The molecule has 4 aromatic rings. The maximum atomic E-state index is 11.8. The van der Waals surface area contributed by atoms with E-state index in [2.05, 4.69) is 27.3 Å². The van der Waals surface area contributed by atoms with E-state index < -0.39 is 5.91 Å². The fourth-order valence-electron chi connectivity index (χ4n) is 4.62. The van der Waals surface area contributed by atoms with Crippen molar-refractivity contribution in [2.75, 3.05) is 18.4 Å². The molecular formula is C27H27ClN6O. The monoisotopic (exact) mass is 486 g/mol. The zero-order valence-corrected chi connectivity index (χ0v) is 20.3. The molecule has 0 aliphatic carbocycles. The van der Waals surface area contributed by atoms with Crippen molar-refractivity contribution in [1.82, 2.24) is 19.9 Å². The minimum Gasteiger partial charge on any atom is -0.366 e. The molecule has 7 nitrogen and oxygen atoms in total. The molecule has 0 atom stereocenters. The molecule has 0 unspecified atom stereocenters. The topological polar surface area (TPSA) is 97.0 Å². The third-order valence-corrected chi connectivity index (χ3v) is 6.78. The normalized spacial score (nSPS) is 14.8. The summed E-state index contributed by atoms with van der Waals surface area (Å²) in [4.78, 5) is 27.8. The zero-order valence-electron chi connectivity index (χ0n) is 19.5. The number of likely N-dealkylation sites (tertiary alicyclic amines) is 1. The molecule has 1 saturated heterocycles. The van der Waals surface area contributed by atoms with Gasteiger partial charge >= 0.3 is 0 Å².